The molecule has 3 aromatic carbocycles. The van der Waals surface area contributed by atoms with E-state index >= 15 is 0 Å². The minimum atomic E-state index is -0.773. The Balaban J connectivity index is 1.52. The normalized spacial score (nSPS) is 12.5. The summed E-state index contributed by atoms with van der Waals surface area (Å²) >= 11 is 0. The number of carbonyl (C=O) groups is 4. The minimum absolute atomic E-state index is 0.0735. The molecule has 7 nitrogen and oxygen atoms in total. The van der Waals surface area contributed by atoms with Gasteiger partial charge in [-0.3, -0.25) is 14.4 Å². The van der Waals surface area contributed by atoms with Crippen molar-refractivity contribution in [3.63, 3.8) is 0 Å². The molecule has 0 fully saturated rings. The Bertz CT molecular complexity index is 1260. The maximum absolute atomic E-state index is 12.9. The molecule has 1 aliphatic rings. The van der Waals surface area contributed by atoms with Gasteiger partial charge in [-0.15, -0.1) is 0 Å². The highest BCUT2D eigenvalue weighted by molar-refractivity contribution is 6.35. The Labute approximate surface area is 184 Å². The molecule has 0 saturated carbocycles. The van der Waals surface area contributed by atoms with Crippen molar-refractivity contribution in [2.45, 2.75) is 6.92 Å². The first-order valence-corrected chi connectivity index (χ1v) is 9.84. The Kier molecular flexibility index (Phi) is 5.55. The molecule has 0 bridgehead atoms. The van der Waals surface area contributed by atoms with Gasteiger partial charge < -0.3 is 9.47 Å². The van der Waals surface area contributed by atoms with Crippen molar-refractivity contribution >= 4 is 29.3 Å². The Morgan fingerprint density at radius 3 is 2.31 bits per heavy atom. The van der Waals surface area contributed by atoms with E-state index in [0.29, 0.717) is 17.0 Å². The second-order valence-corrected chi connectivity index (χ2v) is 7.19. The van der Waals surface area contributed by atoms with E-state index in [0.717, 1.165) is 10.5 Å². The van der Waals surface area contributed by atoms with Crippen LogP contribution >= 0.6 is 0 Å². The molecule has 0 aliphatic carbocycles. The summed E-state index contributed by atoms with van der Waals surface area (Å²) in [4.78, 5) is 51.8. The van der Waals surface area contributed by atoms with Gasteiger partial charge in [-0.1, -0.05) is 30.3 Å². The van der Waals surface area contributed by atoms with Gasteiger partial charge in [0.2, 0.25) is 5.78 Å². The number of ether oxygens (including phenoxy) is 2. The second kappa shape index (κ2) is 8.47. The summed E-state index contributed by atoms with van der Waals surface area (Å²) in [5.74, 6) is -1.78. The van der Waals surface area contributed by atoms with Crippen molar-refractivity contribution in [3.05, 3.63) is 94.5 Å². The zero-order chi connectivity index (χ0) is 22.8. The maximum Gasteiger partial charge on any atom is 0.338 e. The van der Waals surface area contributed by atoms with Crippen LogP contribution in [-0.4, -0.2) is 37.3 Å². The number of amides is 2. The van der Waals surface area contributed by atoms with Crippen molar-refractivity contribution in [3.8, 4) is 5.75 Å². The van der Waals surface area contributed by atoms with E-state index in [4.69, 9.17) is 9.47 Å². The Hall–Kier alpha value is -4.26. The van der Waals surface area contributed by atoms with Crippen LogP contribution in [0.3, 0.4) is 0 Å². The molecule has 1 heterocycles. The van der Waals surface area contributed by atoms with Crippen molar-refractivity contribution in [1.82, 2.24) is 0 Å². The summed E-state index contributed by atoms with van der Waals surface area (Å²) < 4.78 is 10.3. The average Bonchev–Trinajstić information content (AvgIpc) is 3.07. The number of anilines is 1. The van der Waals surface area contributed by atoms with Gasteiger partial charge in [0.1, 0.15) is 5.75 Å². The van der Waals surface area contributed by atoms with Gasteiger partial charge in [0, 0.05) is 0 Å². The fraction of sp³-hybridized carbons (Fsp3) is 0.120. The molecule has 4 rings (SSSR count). The first-order chi connectivity index (χ1) is 15.4. The summed E-state index contributed by atoms with van der Waals surface area (Å²) in [5.41, 5.74) is 1.96. The van der Waals surface area contributed by atoms with E-state index in [9.17, 15) is 19.2 Å². The Morgan fingerprint density at radius 2 is 1.56 bits per heavy atom. The van der Waals surface area contributed by atoms with Crippen LogP contribution in [0, 0.1) is 6.92 Å². The number of hydrogen-bond acceptors (Lipinski definition) is 6. The molecule has 0 N–H and O–H groups in total. The quantitative estimate of drug-likeness (QED) is 0.336. The summed E-state index contributed by atoms with van der Waals surface area (Å²) in [7, 11) is 1.45. The van der Waals surface area contributed by atoms with Crippen LogP contribution in [0.15, 0.2) is 66.7 Å². The zero-order valence-electron chi connectivity index (χ0n) is 17.5. The van der Waals surface area contributed by atoms with Crippen molar-refractivity contribution in [2.75, 3.05) is 18.6 Å². The lowest BCUT2D eigenvalue weighted by Crippen LogP contribution is -2.29. The SMILES string of the molecule is COc1ccccc1C(=O)COC(=O)c1ccc2c(c1)C(=O)N(c1ccccc1C)C2=O. The van der Waals surface area contributed by atoms with E-state index in [-0.39, 0.29) is 16.7 Å². The number of imide groups is 1. The summed E-state index contributed by atoms with van der Waals surface area (Å²) in [5, 5.41) is 0. The standard InChI is InChI=1S/C25H19NO6/c1-15-7-3-5-9-20(15)26-23(28)17-12-11-16(13-19(17)24(26)29)25(30)32-14-21(27)18-8-4-6-10-22(18)31-2/h3-13H,14H2,1-2H3. The molecule has 0 spiro atoms. The number of nitrogens with zero attached hydrogens (tertiary/aromatic N) is 1. The molecule has 7 heteroatoms. The van der Waals surface area contributed by atoms with Gasteiger partial charge in [0.05, 0.1) is 35.1 Å². The van der Waals surface area contributed by atoms with Gasteiger partial charge >= 0.3 is 5.97 Å². The van der Waals surface area contributed by atoms with Gasteiger partial charge in [0.15, 0.2) is 6.61 Å². The number of carbonyl (C=O) groups excluding carboxylic acids is 4. The number of Topliss-reactive ketones (excluding diaryl/α,β-unsaturated/α-hetero) is 1. The number of esters is 1. The molecule has 1 aliphatic heterocycles. The fourth-order valence-electron chi connectivity index (χ4n) is 3.57. The first kappa shape index (κ1) is 21.0. The molecule has 3 aromatic rings. The molecule has 160 valence electrons. The predicted octanol–water partition coefficient (Wildman–Crippen LogP) is 3.84. The zero-order valence-corrected chi connectivity index (χ0v) is 17.5. The third-order valence-corrected chi connectivity index (χ3v) is 5.22. The van der Waals surface area contributed by atoms with Crippen LogP contribution in [0.4, 0.5) is 5.69 Å². The summed E-state index contributed by atoms with van der Waals surface area (Å²) in [6, 6.07) is 17.8. The van der Waals surface area contributed by atoms with E-state index < -0.39 is 30.2 Å². The van der Waals surface area contributed by atoms with Crippen molar-refractivity contribution < 1.29 is 28.7 Å². The molecule has 2 amide bonds. The van der Waals surface area contributed by atoms with Crippen LogP contribution in [-0.2, 0) is 4.74 Å². The highest BCUT2D eigenvalue weighted by Crippen LogP contribution is 2.31. The summed E-state index contributed by atoms with van der Waals surface area (Å²) in [6.45, 7) is 1.32. The number of ketones is 1. The lowest BCUT2D eigenvalue weighted by molar-refractivity contribution is 0.0474. The number of methoxy groups -OCH3 is 1. The predicted molar refractivity (Wildman–Crippen MR) is 116 cm³/mol. The molecule has 0 radical (unpaired) electrons. The minimum Gasteiger partial charge on any atom is -0.496 e. The molecule has 0 saturated heterocycles. The van der Waals surface area contributed by atoms with Crippen molar-refractivity contribution in [2.24, 2.45) is 0 Å². The summed E-state index contributed by atoms with van der Waals surface area (Å²) in [6.07, 6.45) is 0. The van der Waals surface area contributed by atoms with Crippen LogP contribution < -0.4 is 9.64 Å². The van der Waals surface area contributed by atoms with Crippen molar-refractivity contribution in [1.29, 1.82) is 0 Å². The maximum atomic E-state index is 12.9. The van der Waals surface area contributed by atoms with E-state index in [1.807, 2.05) is 6.07 Å². The molecular weight excluding hydrogens is 410 g/mol. The molecular formula is C25H19NO6. The van der Waals surface area contributed by atoms with Crippen LogP contribution in [0.1, 0.15) is 47.0 Å². The number of para-hydroxylation sites is 2. The average molecular weight is 429 g/mol. The van der Waals surface area contributed by atoms with E-state index in [2.05, 4.69) is 0 Å². The largest absolute Gasteiger partial charge is 0.496 e. The lowest BCUT2D eigenvalue weighted by Gasteiger charge is -2.16. The molecule has 0 atom stereocenters. The number of aryl methyl sites for hydroxylation is 1. The van der Waals surface area contributed by atoms with Gasteiger partial charge in [0.25, 0.3) is 11.8 Å². The first-order valence-electron chi connectivity index (χ1n) is 9.84. The van der Waals surface area contributed by atoms with Crippen LogP contribution in [0.2, 0.25) is 0 Å². The van der Waals surface area contributed by atoms with Gasteiger partial charge in [-0.25, -0.2) is 9.69 Å². The molecule has 0 unspecified atom stereocenters. The third kappa shape index (κ3) is 3.65. The van der Waals surface area contributed by atoms with Gasteiger partial charge in [-0.05, 0) is 48.9 Å². The molecule has 32 heavy (non-hydrogen) atoms. The lowest BCUT2D eigenvalue weighted by atomic mass is 10.1. The topological polar surface area (TPSA) is 90.0 Å². The van der Waals surface area contributed by atoms with Crippen LogP contribution in [0.5, 0.6) is 5.75 Å². The van der Waals surface area contributed by atoms with E-state index in [1.54, 1.807) is 49.4 Å². The van der Waals surface area contributed by atoms with Gasteiger partial charge in [-0.2, -0.15) is 0 Å². The van der Waals surface area contributed by atoms with E-state index in [1.165, 1.54) is 25.3 Å². The number of rotatable bonds is 6. The monoisotopic (exact) mass is 429 g/mol. The number of hydrogen-bond donors (Lipinski definition) is 0. The highest BCUT2D eigenvalue weighted by Gasteiger charge is 2.37. The number of fused-ring (bicyclic) bond motifs is 1. The number of benzene rings is 3. The Morgan fingerprint density at radius 1 is 0.875 bits per heavy atom. The second-order valence-electron chi connectivity index (χ2n) is 7.19. The molecule has 0 aromatic heterocycles. The highest BCUT2D eigenvalue weighted by atomic mass is 16.5. The van der Waals surface area contributed by atoms with Crippen LogP contribution in [0.25, 0.3) is 0 Å². The smallest absolute Gasteiger partial charge is 0.338 e. The fourth-order valence-corrected chi connectivity index (χ4v) is 3.57. The third-order valence-electron chi connectivity index (χ3n) is 5.22.